The summed E-state index contributed by atoms with van der Waals surface area (Å²) in [6, 6.07) is 17.4. The van der Waals surface area contributed by atoms with E-state index in [1.165, 1.54) is 12.0 Å². The maximum atomic E-state index is 13.9. The van der Waals surface area contributed by atoms with Crippen molar-refractivity contribution in [2.24, 2.45) is 0 Å². The number of halogens is 6. The van der Waals surface area contributed by atoms with Gasteiger partial charge in [-0.15, -0.1) is 0 Å². The van der Waals surface area contributed by atoms with Crippen molar-refractivity contribution in [2.75, 3.05) is 18.6 Å². The van der Waals surface area contributed by atoms with Gasteiger partial charge < -0.3 is 19.5 Å². The second-order valence-corrected chi connectivity index (χ2v) is 10.0. The van der Waals surface area contributed by atoms with Crippen LogP contribution in [0.1, 0.15) is 41.5 Å². The number of benzene rings is 3. The summed E-state index contributed by atoms with van der Waals surface area (Å²) in [7, 11) is 1.48. The fourth-order valence-corrected chi connectivity index (χ4v) is 5.04. The van der Waals surface area contributed by atoms with Crippen LogP contribution in [0.5, 0.6) is 11.5 Å². The number of aryl methyl sites for hydroxylation is 2. The van der Waals surface area contributed by atoms with Gasteiger partial charge in [0.1, 0.15) is 17.6 Å². The Labute approximate surface area is 233 Å². The maximum absolute atomic E-state index is 13.9. The number of nitrogens with zero attached hydrogens (tertiary/aromatic N) is 1. The van der Waals surface area contributed by atoms with Gasteiger partial charge in [0.15, 0.2) is 0 Å². The minimum Gasteiger partial charge on any atom is -0.497 e. The van der Waals surface area contributed by atoms with Gasteiger partial charge in [0.05, 0.1) is 19.6 Å². The molecule has 0 fully saturated rings. The quantitative estimate of drug-likeness (QED) is 0.324. The van der Waals surface area contributed by atoms with E-state index < -0.39 is 47.0 Å². The van der Waals surface area contributed by atoms with E-state index in [-0.39, 0.29) is 30.6 Å². The molecule has 0 saturated heterocycles. The molecular formula is C30H29F6NO4. The van der Waals surface area contributed by atoms with Gasteiger partial charge in [-0.05, 0) is 67.6 Å². The molecule has 0 aromatic heterocycles. The Balaban J connectivity index is 1.81. The third kappa shape index (κ3) is 5.86. The van der Waals surface area contributed by atoms with E-state index in [9.17, 15) is 36.2 Å². The summed E-state index contributed by atoms with van der Waals surface area (Å²) < 4.78 is 94.0. The van der Waals surface area contributed by atoms with Crippen LogP contribution in [0.3, 0.4) is 0 Å². The Morgan fingerprint density at radius 2 is 1.59 bits per heavy atom. The van der Waals surface area contributed by atoms with Gasteiger partial charge in [-0.1, -0.05) is 36.4 Å². The number of methoxy groups -OCH3 is 1. The second kappa shape index (κ2) is 11.3. The summed E-state index contributed by atoms with van der Waals surface area (Å²) in [5.74, 6) is -0.150. The molecule has 1 heterocycles. The first-order valence-electron chi connectivity index (χ1n) is 12.8. The molecule has 220 valence electrons. The summed E-state index contributed by atoms with van der Waals surface area (Å²) in [6.07, 6.45) is -12.6. The van der Waals surface area contributed by atoms with E-state index in [2.05, 4.69) is 0 Å². The zero-order chi connectivity index (χ0) is 30.2. The van der Waals surface area contributed by atoms with Crippen LogP contribution < -0.4 is 14.4 Å². The van der Waals surface area contributed by atoms with Crippen molar-refractivity contribution in [2.45, 2.75) is 56.7 Å². The van der Waals surface area contributed by atoms with Crippen LogP contribution in [0, 0.1) is 6.92 Å². The second-order valence-electron chi connectivity index (χ2n) is 10.0. The van der Waals surface area contributed by atoms with E-state index in [0.717, 1.165) is 13.0 Å². The predicted molar refractivity (Wildman–Crippen MR) is 140 cm³/mol. The van der Waals surface area contributed by atoms with E-state index in [4.69, 9.17) is 9.47 Å². The van der Waals surface area contributed by atoms with Gasteiger partial charge >= 0.3 is 12.4 Å². The van der Waals surface area contributed by atoms with Crippen molar-refractivity contribution in [1.82, 2.24) is 0 Å². The highest BCUT2D eigenvalue weighted by molar-refractivity contribution is 5.99. The highest BCUT2D eigenvalue weighted by Gasteiger charge is 2.71. The normalized spacial score (nSPS) is 16.9. The Morgan fingerprint density at radius 1 is 0.951 bits per heavy atom. The molecule has 0 aliphatic carbocycles. The zero-order valence-electron chi connectivity index (χ0n) is 22.5. The lowest BCUT2D eigenvalue weighted by Crippen LogP contribution is -2.54. The number of alkyl halides is 6. The van der Waals surface area contributed by atoms with Crippen molar-refractivity contribution < 1.29 is 45.7 Å². The van der Waals surface area contributed by atoms with Crippen LogP contribution in [-0.4, -0.2) is 43.1 Å². The molecule has 41 heavy (non-hydrogen) atoms. The molecular weight excluding hydrogens is 552 g/mol. The van der Waals surface area contributed by atoms with Crippen molar-refractivity contribution >= 4 is 11.6 Å². The first-order valence-corrected chi connectivity index (χ1v) is 12.8. The number of hydrogen-bond donors (Lipinski definition) is 1. The third-order valence-electron chi connectivity index (χ3n) is 7.33. The monoisotopic (exact) mass is 581 g/mol. The van der Waals surface area contributed by atoms with Crippen LogP contribution in [0.25, 0.3) is 0 Å². The van der Waals surface area contributed by atoms with Crippen LogP contribution in [0.15, 0.2) is 66.7 Å². The van der Waals surface area contributed by atoms with Gasteiger partial charge in [-0.25, -0.2) is 0 Å². The molecule has 0 unspecified atom stereocenters. The molecule has 0 spiro atoms. The van der Waals surface area contributed by atoms with Gasteiger partial charge in [-0.3, -0.25) is 4.79 Å². The smallest absolute Gasteiger partial charge is 0.430 e. The summed E-state index contributed by atoms with van der Waals surface area (Å²) in [5.41, 5.74) is -5.96. The Kier molecular flexibility index (Phi) is 8.31. The van der Waals surface area contributed by atoms with Gasteiger partial charge in [-0.2, -0.15) is 26.3 Å². The number of carbonyl (C=O) groups is 1. The summed E-state index contributed by atoms with van der Waals surface area (Å²) in [5, 5.41) is 10.1. The number of carbonyl (C=O) groups excluding carboxylic acids is 1. The average molecular weight is 582 g/mol. The molecule has 1 aliphatic heterocycles. The molecule has 4 rings (SSSR count). The fraction of sp³-hybridized carbons (Fsp3) is 0.367. The Hall–Kier alpha value is -3.73. The van der Waals surface area contributed by atoms with Gasteiger partial charge in [0.2, 0.25) is 5.91 Å². The standard InChI is InChI=1S/C30H29F6NO4/c1-18-14-26-21(15-25(18)28(39,29(31,32)33)30(34,35)36)12-13-24(41-23-11-7-10-22(16-23)40-3)17-37(26)27(38)19(2)20-8-5-4-6-9-20/h4-11,14-16,19,24,39H,12-13,17H2,1-3H3/t19-,24+/m0/s1. The Morgan fingerprint density at radius 3 is 2.20 bits per heavy atom. The highest BCUT2D eigenvalue weighted by Crippen LogP contribution is 2.52. The highest BCUT2D eigenvalue weighted by atomic mass is 19.4. The minimum atomic E-state index is -6.04. The molecule has 0 bridgehead atoms. The van der Waals surface area contributed by atoms with Crippen molar-refractivity contribution in [3.05, 3.63) is 89.0 Å². The van der Waals surface area contributed by atoms with Crippen LogP contribution in [0.4, 0.5) is 32.0 Å². The van der Waals surface area contributed by atoms with Crippen LogP contribution in [-0.2, 0) is 16.8 Å². The van der Waals surface area contributed by atoms with Crippen molar-refractivity contribution in [3.8, 4) is 11.5 Å². The summed E-state index contributed by atoms with van der Waals surface area (Å²) in [6.45, 7) is 2.71. The van der Waals surface area contributed by atoms with E-state index >= 15 is 0 Å². The Bertz CT molecular complexity index is 1380. The predicted octanol–water partition coefficient (Wildman–Crippen LogP) is 6.85. The number of amides is 1. The minimum absolute atomic E-state index is 0.00740. The molecule has 5 nitrogen and oxygen atoms in total. The SMILES string of the molecule is COc1cccc(O[C@@H]2CCc3cc(C(O)(C(F)(F)F)C(F)(F)F)c(C)cc3N(C(=O)[C@@H](C)c3ccccc3)C2)c1. The number of anilines is 1. The van der Waals surface area contributed by atoms with Crippen LogP contribution in [0.2, 0.25) is 0 Å². The molecule has 1 amide bonds. The number of fused-ring (bicyclic) bond motifs is 1. The first kappa shape index (κ1) is 30.2. The van der Waals surface area contributed by atoms with Gasteiger partial charge in [0, 0.05) is 17.3 Å². The first-order chi connectivity index (χ1) is 19.2. The van der Waals surface area contributed by atoms with Crippen molar-refractivity contribution in [3.63, 3.8) is 0 Å². The number of rotatable bonds is 6. The molecule has 11 heteroatoms. The molecule has 3 aromatic carbocycles. The molecule has 0 radical (unpaired) electrons. The lowest BCUT2D eigenvalue weighted by molar-refractivity contribution is -0.376. The summed E-state index contributed by atoms with van der Waals surface area (Å²) in [4.78, 5) is 15.2. The molecule has 3 aromatic rings. The lowest BCUT2D eigenvalue weighted by atomic mass is 9.86. The summed E-state index contributed by atoms with van der Waals surface area (Å²) >= 11 is 0. The van der Waals surface area contributed by atoms with Crippen LogP contribution >= 0.6 is 0 Å². The van der Waals surface area contributed by atoms with E-state index in [0.29, 0.717) is 23.1 Å². The molecule has 0 saturated carbocycles. The molecule has 1 N–H and O–H groups in total. The van der Waals surface area contributed by atoms with Gasteiger partial charge in [0.25, 0.3) is 5.60 Å². The molecule has 2 atom stereocenters. The van der Waals surface area contributed by atoms with E-state index in [1.807, 2.05) is 0 Å². The number of ether oxygens (including phenoxy) is 2. The maximum Gasteiger partial charge on any atom is 0.430 e. The third-order valence-corrected chi connectivity index (χ3v) is 7.33. The number of aliphatic hydroxyl groups is 1. The van der Waals surface area contributed by atoms with Crippen molar-refractivity contribution in [1.29, 1.82) is 0 Å². The number of hydrogen-bond acceptors (Lipinski definition) is 4. The zero-order valence-corrected chi connectivity index (χ0v) is 22.5. The molecule has 1 aliphatic rings. The fourth-order valence-electron chi connectivity index (χ4n) is 5.04. The topological polar surface area (TPSA) is 59.0 Å². The lowest BCUT2D eigenvalue weighted by Gasteiger charge is -2.35. The average Bonchev–Trinajstić information content (AvgIpc) is 3.09. The van der Waals surface area contributed by atoms with E-state index in [1.54, 1.807) is 61.5 Å². The largest absolute Gasteiger partial charge is 0.497 e.